The predicted octanol–water partition coefficient (Wildman–Crippen LogP) is 6.78. The van der Waals surface area contributed by atoms with Gasteiger partial charge in [0.2, 0.25) is 5.91 Å². The van der Waals surface area contributed by atoms with Crippen molar-refractivity contribution in [2.75, 3.05) is 23.1 Å². The summed E-state index contributed by atoms with van der Waals surface area (Å²) in [5, 5.41) is 6.69. The summed E-state index contributed by atoms with van der Waals surface area (Å²) < 4.78 is 60.8. The van der Waals surface area contributed by atoms with Gasteiger partial charge < -0.3 is 10.1 Å². The third kappa shape index (κ3) is 6.44. The number of anilines is 2. The molecular formula is C29H24F4N6O3S. The first-order valence-electron chi connectivity index (χ1n) is 12.8. The molecule has 1 aliphatic heterocycles. The molecule has 4 aromatic rings. The van der Waals surface area contributed by atoms with Crippen molar-refractivity contribution in [2.45, 2.75) is 26.1 Å². The number of nitrogens with zero attached hydrogens (tertiary/aromatic N) is 5. The minimum atomic E-state index is -4.52. The number of rotatable bonds is 6. The van der Waals surface area contributed by atoms with Gasteiger partial charge in [0.05, 0.1) is 34.5 Å². The predicted molar refractivity (Wildman–Crippen MR) is 155 cm³/mol. The number of thioether (sulfide) groups is 1. The van der Waals surface area contributed by atoms with E-state index in [1.807, 2.05) is 32.0 Å². The number of carbonyl (C=O) groups is 2. The van der Waals surface area contributed by atoms with E-state index in [9.17, 15) is 22.8 Å². The maximum atomic E-state index is 15.0. The van der Waals surface area contributed by atoms with Crippen LogP contribution in [0, 0.1) is 12.7 Å². The van der Waals surface area contributed by atoms with Crippen molar-refractivity contribution < 1.29 is 31.9 Å². The molecule has 0 saturated carbocycles. The van der Waals surface area contributed by atoms with Crippen molar-refractivity contribution in [3.8, 4) is 17.1 Å². The highest BCUT2D eigenvalue weighted by atomic mass is 32.2. The molecule has 0 aliphatic carbocycles. The third-order valence-corrected chi connectivity index (χ3v) is 7.50. The van der Waals surface area contributed by atoms with Gasteiger partial charge in [0, 0.05) is 18.2 Å². The average Bonchev–Trinajstić information content (AvgIpc) is 3.60. The first kappa shape index (κ1) is 29.9. The van der Waals surface area contributed by atoms with Gasteiger partial charge in [-0.1, -0.05) is 30.0 Å². The van der Waals surface area contributed by atoms with E-state index in [0.717, 1.165) is 45.8 Å². The fraction of sp³-hybridized carbons (Fsp3) is 0.207. The van der Waals surface area contributed by atoms with Gasteiger partial charge in [0.1, 0.15) is 12.1 Å². The van der Waals surface area contributed by atoms with Crippen LogP contribution in [0.25, 0.3) is 17.1 Å². The molecule has 1 atom stereocenters. The molecule has 1 N–H and O–H groups in total. The molecule has 1 aliphatic rings. The van der Waals surface area contributed by atoms with Crippen LogP contribution in [-0.4, -0.2) is 44.7 Å². The summed E-state index contributed by atoms with van der Waals surface area (Å²) in [6, 6.07) is 13.0. The largest absolute Gasteiger partial charge is 0.416 e. The Morgan fingerprint density at radius 3 is 2.65 bits per heavy atom. The van der Waals surface area contributed by atoms with Crippen LogP contribution in [-0.2, 0) is 15.7 Å². The number of ether oxygens (including phenoxy) is 1. The van der Waals surface area contributed by atoms with Crippen molar-refractivity contribution in [3.05, 3.63) is 89.5 Å². The Labute approximate surface area is 247 Å². The first-order chi connectivity index (χ1) is 20.4. The van der Waals surface area contributed by atoms with Crippen LogP contribution in [0.5, 0.6) is 0 Å². The second kappa shape index (κ2) is 12.0. The zero-order chi connectivity index (χ0) is 30.9. The molecular weight excluding hydrogens is 588 g/mol. The van der Waals surface area contributed by atoms with Gasteiger partial charge in [0.15, 0.2) is 11.0 Å². The number of alkyl halides is 3. The van der Waals surface area contributed by atoms with Gasteiger partial charge in [-0.15, -0.1) is 5.10 Å². The Morgan fingerprint density at radius 2 is 1.93 bits per heavy atom. The van der Waals surface area contributed by atoms with Crippen LogP contribution >= 0.6 is 11.8 Å². The maximum Gasteiger partial charge on any atom is 0.416 e. The van der Waals surface area contributed by atoms with E-state index >= 15 is 4.39 Å². The summed E-state index contributed by atoms with van der Waals surface area (Å²) in [4.78, 5) is 35.1. The van der Waals surface area contributed by atoms with Crippen LogP contribution in [0.1, 0.15) is 29.7 Å². The van der Waals surface area contributed by atoms with E-state index < -0.39 is 23.6 Å². The molecule has 43 heavy (non-hydrogen) atoms. The molecule has 1 aromatic heterocycles. The number of aryl methyl sites for hydroxylation is 1. The number of benzene rings is 3. The monoisotopic (exact) mass is 612 g/mol. The lowest BCUT2D eigenvalue weighted by Gasteiger charge is -2.23. The summed E-state index contributed by atoms with van der Waals surface area (Å²) in [5.74, 6) is -0.947. The standard InChI is InChI=1S/C29H24F4N6O3S/c1-16-7-9-21(17(2)42-3)24(11-16)39-25(40)14-43-28(39)36-27(41)35-23-10-8-18(12-22(23)30)26-34-15-38(37-26)20-6-4-5-19(13-20)29(31,32)33/h4-13,15,17H,14H2,1-3H3,(H,35,41)/b36-28-. The summed E-state index contributed by atoms with van der Waals surface area (Å²) >= 11 is 1.08. The Bertz CT molecular complexity index is 1740. The number of hydrogen-bond donors (Lipinski definition) is 1. The highest BCUT2D eigenvalue weighted by molar-refractivity contribution is 8.15. The quantitative estimate of drug-likeness (QED) is 0.241. The van der Waals surface area contributed by atoms with E-state index in [0.29, 0.717) is 5.69 Å². The third-order valence-electron chi connectivity index (χ3n) is 6.58. The van der Waals surface area contributed by atoms with Gasteiger partial charge in [0.25, 0.3) is 0 Å². The van der Waals surface area contributed by atoms with Gasteiger partial charge in [-0.3, -0.25) is 9.69 Å². The number of amidine groups is 1. The first-order valence-corrected chi connectivity index (χ1v) is 13.8. The molecule has 222 valence electrons. The van der Waals surface area contributed by atoms with Crippen LogP contribution in [0.15, 0.2) is 72.0 Å². The van der Waals surface area contributed by atoms with Crippen LogP contribution in [0.3, 0.4) is 0 Å². The van der Waals surface area contributed by atoms with Gasteiger partial charge >= 0.3 is 12.2 Å². The average molecular weight is 613 g/mol. The zero-order valence-electron chi connectivity index (χ0n) is 23.0. The number of aromatic nitrogens is 3. The number of urea groups is 1. The molecule has 9 nitrogen and oxygen atoms in total. The Hall–Kier alpha value is -4.56. The minimum absolute atomic E-state index is 0.0604. The fourth-order valence-corrected chi connectivity index (χ4v) is 5.19. The fourth-order valence-electron chi connectivity index (χ4n) is 4.33. The summed E-state index contributed by atoms with van der Waals surface area (Å²) in [5.41, 5.74) is 1.52. The lowest BCUT2D eigenvalue weighted by Crippen LogP contribution is -2.31. The lowest BCUT2D eigenvalue weighted by molar-refractivity contribution is -0.137. The van der Waals surface area contributed by atoms with E-state index in [1.54, 1.807) is 7.11 Å². The molecule has 14 heteroatoms. The Morgan fingerprint density at radius 1 is 1.14 bits per heavy atom. The number of halogens is 4. The molecule has 1 unspecified atom stereocenters. The number of amides is 3. The zero-order valence-corrected chi connectivity index (χ0v) is 23.8. The summed E-state index contributed by atoms with van der Waals surface area (Å²) in [7, 11) is 1.55. The van der Waals surface area contributed by atoms with Crippen LogP contribution in [0.2, 0.25) is 0 Å². The highest BCUT2D eigenvalue weighted by Crippen LogP contribution is 2.35. The summed E-state index contributed by atoms with van der Waals surface area (Å²) in [6.45, 7) is 3.71. The van der Waals surface area contributed by atoms with Crippen molar-refractivity contribution in [2.24, 2.45) is 4.99 Å². The van der Waals surface area contributed by atoms with E-state index in [4.69, 9.17) is 4.74 Å². The minimum Gasteiger partial charge on any atom is -0.377 e. The lowest BCUT2D eigenvalue weighted by atomic mass is 10.0. The van der Waals surface area contributed by atoms with E-state index in [2.05, 4.69) is 20.4 Å². The normalized spacial score (nSPS) is 15.3. The highest BCUT2D eigenvalue weighted by Gasteiger charge is 2.33. The number of carbonyl (C=O) groups excluding carboxylic acids is 2. The second-order valence-corrected chi connectivity index (χ2v) is 10.5. The molecule has 5 rings (SSSR count). The van der Waals surface area contributed by atoms with Crippen molar-refractivity contribution >= 4 is 40.2 Å². The maximum absolute atomic E-state index is 15.0. The van der Waals surface area contributed by atoms with Gasteiger partial charge in [-0.25, -0.2) is 18.9 Å². The molecule has 2 heterocycles. The topological polar surface area (TPSA) is 102 Å². The van der Waals surface area contributed by atoms with E-state index in [1.165, 1.54) is 35.5 Å². The van der Waals surface area contributed by atoms with Crippen LogP contribution in [0.4, 0.5) is 33.7 Å². The molecule has 1 saturated heterocycles. The molecule has 0 spiro atoms. The Kier molecular flexibility index (Phi) is 8.33. The second-order valence-electron chi connectivity index (χ2n) is 9.54. The number of aliphatic imine (C=N–C) groups is 1. The van der Waals surface area contributed by atoms with E-state index in [-0.39, 0.29) is 45.7 Å². The molecule has 1 fully saturated rings. The smallest absolute Gasteiger partial charge is 0.377 e. The SMILES string of the molecule is COC(C)c1ccc(C)cc1N1C(=O)CS/C1=N\C(=O)Nc1ccc(-c2ncn(-c3cccc(C(F)(F)F)c3)n2)cc1F. The molecule has 3 aromatic carbocycles. The van der Waals surface area contributed by atoms with Crippen molar-refractivity contribution in [3.63, 3.8) is 0 Å². The van der Waals surface area contributed by atoms with Crippen molar-refractivity contribution in [1.82, 2.24) is 14.8 Å². The molecule has 3 amide bonds. The van der Waals surface area contributed by atoms with Crippen molar-refractivity contribution in [1.29, 1.82) is 0 Å². The van der Waals surface area contributed by atoms with Gasteiger partial charge in [-0.05, 0) is 61.9 Å². The van der Waals surface area contributed by atoms with Crippen LogP contribution < -0.4 is 10.2 Å². The molecule has 0 bridgehead atoms. The number of hydrogen-bond acceptors (Lipinski definition) is 6. The molecule has 0 radical (unpaired) electrons. The summed E-state index contributed by atoms with van der Waals surface area (Å²) in [6.07, 6.45) is -3.64. The number of nitrogens with one attached hydrogen (secondary N) is 1. The Balaban J connectivity index is 1.35. The van der Waals surface area contributed by atoms with Gasteiger partial charge in [-0.2, -0.15) is 18.2 Å². The number of methoxy groups -OCH3 is 1.